The van der Waals surface area contributed by atoms with Gasteiger partial charge in [0.2, 0.25) is 0 Å². The molecule has 2 aromatic rings. The van der Waals surface area contributed by atoms with E-state index >= 15 is 0 Å². The van der Waals surface area contributed by atoms with Gasteiger partial charge in [-0.15, -0.1) is 10.2 Å². The summed E-state index contributed by atoms with van der Waals surface area (Å²) in [5.41, 5.74) is 3.73. The number of aryl methyl sites for hydroxylation is 2. The highest BCUT2D eigenvalue weighted by molar-refractivity contribution is 5.64. The van der Waals surface area contributed by atoms with E-state index in [9.17, 15) is 0 Å². The molecule has 2 aromatic heterocycles. The number of nitriles is 1. The minimum absolute atomic E-state index is 0.318. The second kappa shape index (κ2) is 4.94. The smallest absolute Gasteiger partial charge is 0.163 e. The molecule has 0 saturated carbocycles. The Bertz CT molecular complexity index is 611. The summed E-state index contributed by atoms with van der Waals surface area (Å²) in [7, 11) is 1.61. The van der Waals surface area contributed by atoms with Gasteiger partial charge in [0.1, 0.15) is 12.8 Å². The lowest BCUT2D eigenvalue weighted by atomic mass is 10.1. The summed E-state index contributed by atoms with van der Waals surface area (Å²) in [5, 5.41) is 21.0. The van der Waals surface area contributed by atoms with Gasteiger partial charge in [-0.25, -0.2) is 4.68 Å². The van der Waals surface area contributed by atoms with Crippen molar-refractivity contribution in [3.63, 3.8) is 0 Å². The zero-order valence-electron chi connectivity index (χ0n) is 10.5. The number of ether oxygens (including phenoxy) is 1. The average molecular weight is 243 g/mol. The van der Waals surface area contributed by atoms with Crippen LogP contribution >= 0.6 is 0 Å². The van der Waals surface area contributed by atoms with Crippen molar-refractivity contribution in [2.75, 3.05) is 7.11 Å². The van der Waals surface area contributed by atoms with Gasteiger partial charge in [0.15, 0.2) is 5.69 Å². The molecule has 0 atom stereocenters. The van der Waals surface area contributed by atoms with Crippen molar-refractivity contribution in [3.8, 4) is 17.3 Å². The van der Waals surface area contributed by atoms with Crippen LogP contribution in [0.5, 0.6) is 0 Å². The molecule has 0 aromatic carbocycles. The van der Waals surface area contributed by atoms with Gasteiger partial charge in [0.25, 0.3) is 0 Å². The number of methoxy groups -OCH3 is 1. The fourth-order valence-corrected chi connectivity index (χ4v) is 1.75. The van der Waals surface area contributed by atoms with Crippen molar-refractivity contribution in [2.45, 2.75) is 20.6 Å². The molecule has 2 heterocycles. The van der Waals surface area contributed by atoms with Crippen LogP contribution in [0.15, 0.2) is 12.3 Å². The summed E-state index contributed by atoms with van der Waals surface area (Å²) in [4.78, 5) is 0. The van der Waals surface area contributed by atoms with Crippen LogP contribution in [-0.2, 0) is 11.5 Å². The van der Waals surface area contributed by atoms with Gasteiger partial charge in [-0.1, -0.05) is 0 Å². The molecular formula is C12H13N5O. The van der Waals surface area contributed by atoms with Crippen LogP contribution in [0.25, 0.3) is 11.3 Å². The Morgan fingerprint density at radius 1 is 1.39 bits per heavy atom. The van der Waals surface area contributed by atoms with E-state index in [1.807, 2.05) is 26.1 Å². The molecule has 92 valence electrons. The van der Waals surface area contributed by atoms with E-state index < -0.39 is 0 Å². The normalized spacial score (nSPS) is 10.3. The van der Waals surface area contributed by atoms with Crippen molar-refractivity contribution in [3.05, 3.63) is 29.2 Å². The van der Waals surface area contributed by atoms with Crippen molar-refractivity contribution in [1.82, 2.24) is 20.0 Å². The number of rotatable bonds is 3. The maximum Gasteiger partial charge on any atom is 0.163 e. The monoisotopic (exact) mass is 243 g/mol. The number of hydrogen-bond acceptors (Lipinski definition) is 5. The Balaban J connectivity index is 2.45. The molecule has 6 heteroatoms. The molecule has 0 N–H and O–H groups in total. The fourth-order valence-electron chi connectivity index (χ4n) is 1.75. The van der Waals surface area contributed by atoms with Crippen LogP contribution in [0.4, 0.5) is 0 Å². The van der Waals surface area contributed by atoms with Gasteiger partial charge in [-0.3, -0.25) is 0 Å². The lowest BCUT2D eigenvalue weighted by Gasteiger charge is -2.01. The van der Waals surface area contributed by atoms with Crippen LogP contribution < -0.4 is 0 Å². The number of hydrogen-bond donors (Lipinski definition) is 0. The minimum atomic E-state index is 0.318. The molecule has 0 saturated heterocycles. The molecular weight excluding hydrogens is 230 g/mol. The first-order chi connectivity index (χ1) is 8.65. The topological polar surface area (TPSA) is 76.6 Å². The number of nitrogens with zero attached hydrogens (tertiary/aromatic N) is 5. The maximum absolute atomic E-state index is 8.77. The highest BCUT2D eigenvalue weighted by Gasteiger charge is 2.12. The van der Waals surface area contributed by atoms with Crippen molar-refractivity contribution < 1.29 is 4.74 Å². The van der Waals surface area contributed by atoms with E-state index in [1.165, 1.54) is 0 Å². The lowest BCUT2D eigenvalue weighted by Crippen LogP contribution is -1.99. The molecule has 0 aliphatic carbocycles. The summed E-state index contributed by atoms with van der Waals surface area (Å²) in [6.07, 6.45) is 1.86. The van der Waals surface area contributed by atoms with Gasteiger partial charge in [0.05, 0.1) is 11.4 Å². The first kappa shape index (κ1) is 12.2. The van der Waals surface area contributed by atoms with E-state index in [2.05, 4.69) is 15.3 Å². The maximum atomic E-state index is 8.77. The first-order valence-electron chi connectivity index (χ1n) is 5.43. The molecule has 0 spiro atoms. The van der Waals surface area contributed by atoms with Crippen molar-refractivity contribution >= 4 is 0 Å². The third kappa shape index (κ3) is 2.21. The molecule has 6 nitrogen and oxygen atoms in total. The molecule has 0 aliphatic rings. The molecule has 0 bridgehead atoms. The van der Waals surface area contributed by atoms with Gasteiger partial charge >= 0.3 is 0 Å². The van der Waals surface area contributed by atoms with Crippen LogP contribution in [0.1, 0.15) is 17.0 Å². The zero-order valence-corrected chi connectivity index (χ0v) is 10.5. The van der Waals surface area contributed by atoms with Crippen LogP contribution in [0.3, 0.4) is 0 Å². The van der Waals surface area contributed by atoms with E-state index in [0.29, 0.717) is 12.4 Å². The summed E-state index contributed by atoms with van der Waals surface area (Å²) in [6.45, 7) is 4.20. The third-order valence-corrected chi connectivity index (χ3v) is 2.56. The predicted molar refractivity (Wildman–Crippen MR) is 64.5 cm³/mol. The summed E-state index contributed by atoms with van der Waals surface area (Å²) < 4.78 is 6.72. The van der Waals surface area contributed by atoms with Crippen molar-refractivity contribution in [2.24, 2.45) is 0 Å². The van der Waals surface area contributed by atoms with Gasteiger partial charge in [0, 0.05) is 18.9 Å². The summed E-state index contributed by atoms with van der Waals surface area (Å²) in [6, 6.07) is 3.69. The second-order valence-corrected chi connectivity index (χ2v) is 3.96. The second-order valence-electron chi connectivity index (χ2n) is 3.96. The Hall–Kier alpha value is -2.26. The van der Waals surface area contributed by atoms with Crippen LogP contribution in [-0.4, -0.2) is 27.1 Å². The standard InChI is InChI=1S/C12H13N5O/c1-8-4-10(5-13)14-15-12(8)11-6-17(7-18-3)16-9(11)2/h4,6H,7H2,1-3H3. The van der Waals surface area contributed by atoms with Gasteiger partial charge in [-0.05, 0) is 25.5 Å². The minimum Gasteiger partial charge on any atom is -0.362 e. The predicted octanol–water partition coefficient (Wildman–Crippen LogP) is 1.43. The third-order valence-electron chi connectivity index (χ3n) is 2.56. The Kier molecular flexibility index (Phi) is 3.35. The molecule has 0 amide bonds. The van der Waals surface area contributed by atoms with E-state index in [1.54, 1.807) is 17.9 Å². The van der Waals surface area contributed by atoms with Crippen molar-refractivity contribution in [1.29, 1.82) is 5.26 Å². The van der Waals surface area contributed by atoms with E-state index in [-0.39, 0.29) is 0 Å². The quantitative estimate of drug-likeness (QED) is 0.815. The Morgan fingerprint density at radius 3 is 2.78 bits per heavy atom. The summed E-state index contributed by atoms with van der Waals surface area (Å²) >= 11 is 0. The molecule has 0 fully saturated rings. The SMILES string of the molecule is COCn1cc(-c2nnc(C#N)cc2C)c(C)n1. The zero-order chi connectivity index (χ0) is 13.1. The highest BCUT2D eigenvalue weighted by atomic mass is 16.5. The first-order valence-corrected chi connectivity index (χ1v) is 5.43. The fraction of sp³-hybridized carbons (Fsp3) is 0.333. The molecule has 0 aliphatic heterocycles. The number of aromatic nitrogens is 4. The average Bonchev–Trinajstić information content (AvgIpc) is 2.70. The molecule has 0 unspecified atom stereocenters. The molecule has 2 rings (SSSR count). The van der Waals surface area contributed by atoms with E-state index in [4.69, 9.17) is 10.00 Å². The molecule has 0 radical (unpaired) electrons. The van der Waals surface area contributed by atoms with E-state index in [0.717, 1.165) is 22.5 Å². The Morgan fingerprint density at radius 2 is 2.17 bits per heavy atom. The summed E-state index contributed by atoms with van der Waals surface area (Å²) in [5.74, 6) is 0. The van der Waals surface area contributed by atoms with Crippen LogP contribution in [0, 0.1) is 25.2 Å². The van der Waals surface area contributed by atoms with Gasteiger partial charge in [-0.2, -0.15) is 10.4 Å². The Labute approximate surface area is 105 Å². The van der Waals surface area contributed by atoms with Crippen LogP contribution in [0.2, 0.25) is 0 Å². The molecule has 18 heavy (non-hydrogen) atoms. The lowest BCUT2D eigenvalue weighted by molar-refractivity contribution is 0.120. The van der Waals surface area contributed by atoms with Gasteiger partial charge < -0.3 is 4.74 Å². The largest absolute Gasteiger partial charge is 0.362 e. The highest BCUT2D eigenvalue weighted by Crippen LogP contribution is 2.23.